The number of hydrogen-bond acceptors (Lipinski definition) is 1. The molecule has 1 unspecified atom stereocenters. The Kier molecular flexibility index (Phi) is 4.30. The number of aryl methyl sites for hydroxylation is 1. The third-order valence-electron chi connectivity index (χ3n) is 2.01. The van der Waals surface area contributed by atoms with E-state index in [1.807, 2.05) is 31.2 Å². The number of rotatable bonds is 4. The normalized spacial score (nSPS) is 11.9. The summed E-state index contributed by atoms with van der Waals surface area (Å²) in [5, 5.41) is 4.36. The standard InChI is InChI=1S/C10H12ClN3/c1-8(13-14-12)2-3-9-4-6-10(11)7-5-9/h4-8H,2-3H2,1H3. The topological polar surface area (TPSA) is 48.8 Å². The highest BCUT2D eigenvalue weighted by Gasteiger charge is 1.99. The summed E-state index contributed by atoms with van der Waals surface area (Å²) in [5.41, 5.74) is 9.43. The van der Waals surface area contributed by atoms with Crippen LogP contribution in [0.2, 0.25) is 5.02 Å². The van der Waals surface area contributed by atoms with Gasteiger partial charge in [0.25, 0.3) is 0 Å². The number of nitrogens with zero attached hydrogens (tertiary/aromatic N) is 3. The Morgan fingerprint density at radius 2 is 2.07 bits per heavy atom. The van der Waals surface area contributed by atoms with Crippen LogP contribution in [0, 0.1) is 0 Å². The van der Waals surface area contributed by atoms with Crippen molar-refractivity contribution in [1.29, 1.82) is 0 Å². The molecule has 0 saturated carbocycles. The molecule has 1 rings (SSSR count). The molecular weight excluding hydrogens is 198 g/mol. The first kappa shape index (κ1) is 10.9. The van der Waals surface area contributed by atoms with Crippen LogP contribution in [0.5, 0.6) is 0 Å². The maximum Gasteiger partial charge on any atom is 0.0406 e. The fourth-order valence-corrected chi connectivity index (χ4v) is 1.30. The highest BCUT2D eigenvalue weighted by Crippen LogP contribution is 2.12. The molecule has 1 atom stereocenters. The number of azide groups is 1. The minimum absolute atomic E-state index is 0.0516. The average molecular weight is 210 g/mol. The van der Waals surface area contributed by atoms with Gasteiger partial charge in [0, 0.05) is 16.0 Å². The van der Waals surface area contributed by atoms with Crippen molar-refractivity contribution in [3.8, 4) is 0 Å². The van der Waals surface area contributed by atoms with Crippen molar-refractivity contribution in [3.05, 3.63) is 45.3 Å². The lowest BCUT2D eigenvalue weighted by molar-refractivity contribution is 0.662. The fraction of sp³-hybridized carbons (Fsp3) is 0.400. The van der Waals surface area contributed by atoms with Gasteiger partial charge in [-0.15, -0.1) is 0 Å². The first-order valence-corrected chi connectivity index (χ1v) is 4.89. The molecule has 0 saturated heterocycles. The minimum Gasteiger partial charge on any atom is -0.0909 e. The van der Waals surface area contributed by atoms with E-state index in [0.29, 0.717) is 0 Å². The molecule has 1 aromatic carbocycles. The molecule has 4 heteroatoms. The second-order valence-corrected chi connectivity index (χ2v) is 3.66. The zero-order chi connectivity index (χ0) is 10.4. The smallest absolute Gasteiger partial charge is 0.0406 e. The van der Waals surface area contributed by atoms with Crippen LogP contribution in [0.1, 0.15) is 18.9 Å². The van der Waals surface area contributed by atoms with Gasteiger partial charge in [-0.05, 0) is 36.1 Å². The molecule has 0 N–H and O–H groups in total. The van der Waals surface area contributed by atoms with Crippen molar-refractivity contribution in [3.63, 3.8) is 0 Å². The summed E-state index contributed by atoms with van der Waals surface area (Å²) in [7, 11) is 0. The second kappa shape index (κ2) is 5.53. The molecule has 0 bridgehead atoms. The molecule has 0 aliphatic rings. The monoisotopic (exact) mass is 209 g/mol. The average Bonchev–Trinajstić information content (AvgIpc) is 2.17. The van der Waals surface area contributed by atoms with Crippen LogP contribution >= 0.6 is 11.6 Å². The van der Waals surface area contributed by atoms with E-state index in [1.54, 1.807) is 0 Å². The van der Waals surface area contributed by atoms with Gasteiger partial charge in [0.2, 0.25) is 0 Å². The third kappa shape index (κ3) is 3.69. The third-order valence-corrected chi connectivity index (χ3v) is 2.26. The van der Waals surface area contributed by atoms with Crippen molar-refractivity contribution < 1.29 is 0 Å². The lowest BCUT2D eigenvalue weighted by Crippen LogP contribution is -1.98. The summed E-state index contributed by atoms with van der Waals surface area (Å²) < 4.78 is 0. The number of benzene rings is 1. The van der Waals surface area contributed by atoms with Crippen LogP contribution in [-0.2, 0) is 6.42 Å². The summed E-state index contributed by atoms with van der Waals surface area (Å²) in [6, 6.07) is 7.77. The summed E-state index contributed by atoms with van der Waals surface area (Å²) in [6.45, 7) is 1.91. The Balaban J connectivity index is 2.45. The lowest BCUT2D eigenvalue weighted by Gasteiger charge is -2.04. The summed E-state index contributed by atoms with van der Waals surface area (Å²) in [6.07, 6.45) is 1.78. The molecule has 3 nitrogen and oxygen atoms in total. The van der Waals surface area contributed by atoms with Crippen molar-refractivity contribution >= 4 is 11.6 Å². The van der Waals surface area contributed by atoms with Gasteiger partial charge in [0.1, 0.15) is 0 Å². The maximum absolute atomic E-state index is 8.21. The van der Waals surface area contributed by atoms with Gasteiger partial charge in [0.15, 0.2) is 0 Å². The van der Waals surface area contributed by atoms with E-state index in [4.69, 9.17) is 17.1 Å². The van der Waals surface area contributed by atoms with Crippen LogP contribution in [0.3, 0.4) is 0 Å². The van der Waals surface area contributed by atoms with E-state index in [0.717, 1.165) is 17.9 Å². The van der Waals surface area contributed by atoms with Crippen molar-refractivity contribution in [1.82, 2.24) is 0 Å². The lowest BCUT2D eigenvalue weighted by atomic mass is 10.1. The van der Waals surface area contributed by atoms with E-state index in [1.165, 1.54) is 5.56 Å². The van der Waals surface area contributed by atoms with Gasteiger partial charge in [-0.3, -0.25) is 0 Å². The van der Waals surface area contributed by atoms with Crippen molar-refractivity contribution in [2.24, 2.45) is 5.11 Å². The SMILES string of the molecule is CC(CCc1ccc(Cl)cc1)N=[N+]=[N-]. The first-order chi connectivity index (χ1) is 6.72. The van der Waals surface area contributed by atoms with E-state index in [9.17, 15) is 0 Å². The zero-order valence-corrected chi connectivity index (χ0v) is 8.78. The molecule has 74 valence electrons. The Bertz CT molecular complexity index is 328. The molecule has 0 aliphatic carbocycles. The summed E-state index contributed by atoms with van der Waals surface area (Å²) in [5.74, 6) is 0. The van der Waals surface area contributed by atoms with Gasteiger partial charge in [-0.25, -0.2) is 0 Å². The maximum atomic E-state index is 8.21. The van der Waals surface area contributed by atoms with Crippen LogP contribution < -0.4 is 0 Å². The van der Waals surface area contributed by atoms with E-state index >= 15 is 0 Å². The van der Waals surface area contributed by atoms with Gasteiger partial charge >= 0.3 is 0 Å². The van der Waals surface area contributed by atoms with E-state index < -0.39 is 0 Å². The molecule has 0 aliphatic heterocycles. The number of hydrogen-bond donors (Lipinski definition) is 0. The molecule has 0 spiro atoms. The molecular formula is C10H12ClN3. The molecule has 0 radical (unpaired) electrons. The van der Waals surface area contributed by atoms with E-state index in [-0.39, 0.29) is 6.04 Å². The van der Waals surface area contributed by atoms with Gasteiger partial charge < -0.3 is 0 Å². The predicted octanol–water partition coefficient (Wildman–Crippen LogP) is 3.97. The Labute approximate surface area is 88.3 Å². The van der Waals surface area contributed by atoms with Crippen LogP contribution in [-0.4, -0.2) is 6.04 Å². The molecule has 0 fully saturated rings. The molecule has 0 heterocycles. The highest BCUT2D eigenvalue weighted by atomic mass is 35.5. The van der Waals surface area contributed by atoms with Crippen LogP contribution in [0.4, 0.5) is 0 Å². The van der Waals surface area contributed by atoms with Gasteiger partial charge in [0.05, 0.1) is 0 Å². The first-order valence-electron chi connectivity index (χ1n) is 4.51. The van der Waals surface area contributed by atoms with Crippen molar-refractivity contribution in [2.45, 2.75) is 25.8 Å². The predicted molar refractivity (Wildman–Crippen MR) is 58.4 cm³/mol. The van der Waals surface area contributed by atoms with Gasteiger partial charge in [-0.1, -0.05) is 35.8 Å². The largest absolute Gasteiger partial charge is 0.0909 e. The summed E-state index contributed by atoms with van der Waals surface area (Å²) >= 11 is 5.76. The zero-order valence-electron chi connectivity index (χ0n) is 8.02. The molecule has 0 aromatic heterocycles. The van der Waals surface area contributed by atoms with Gasteiger partial charge in [-0.2, -0.15) is 0 Å². The van der Waals surface area contributed by atoms with E-state index in [2.05, 4.69) is 10.0 Å². The van der Waals surface area contributed by atoms with Crippen LogP contribution in [0.25, 0.3) is 10.4 Å². The fourth-order valence-electron chi connectivity index (χ4n) is 1.17. The molecule has 0 amide bonds. The Morgan fingerprint density at radius 1 is 1.43 bits per heavy atom. The summed E-state index contributed by atoms with van der Waals surface area (Å²) in [4.78, 5) is 2.77. The molecule has 14 heavy (non-hydrogen) atoms. The quantitative estimate of drug-likeness (QED) is 0.409. The molecule has 1 aromatic rings. The highest BCUT2D eigenvalue weighted by molar-refractivity contribution is 6.30. The van der Waals surface area contributed by atoms with Crippen LogP contribution in [0.15, 0.2) is 29.4 Å². The second-order valence-electron chi connectivity index (χ2n) is 3.22. The Morgan fingerprint density at radius 3 is 2.64 bits per heavy atom. The Hall–Kier alpha value is -1.18. The minimum atomic E-state index is 0.0516. The van der Waals surface area contributed by atoms with Crippen molar-refractivity contribution in [2.75, 3.05) is 0 Å². The number of halogens is 1.